The van der Waals surface area contributed by atoms with Crippen molar-refractivity contribution >= 4 is 39.3 Å². The lowest BCUT2D eigenvalue weighted by atomic mass is 9.99. The maximum absolute atomic E-state index is 12.6. The van der Waals surface area contributed by atoms with Crippen LogP contribution in [-0.2, 0) is 10.0 Å². The van der Waals surface area contributed by atoms with E-state index in [0.29, 0.717) is 34.9 Å². The Labute approximate surface area is 211 Å². The first-order chi connectivity index (χ1) is 16.2. The fourth-order valence-corrected chi connectivity index (χ4v) is 5.92. The first-order valence-electron chi connectivity index (χ1n) is 11.5. The Kier molecular flexibility index (Phi) is 7.92. The number of halogens is 2. The lowest BCUT2D eigenvalue weighted by Gasteiger charge is -2.41. The molecule has 2 saturated heterocycles. The second kappa shape index (κ2) is 10.7. The number of rotatable bonds is 5. The van der Waals surface area contributed by atoms with E-state index in [9.17, 15) is 13.2 Å². The predicted octanol–water partition coefficient (Wildman–Crippen LogP) is 4.71. The zero-order valence-corrected chi connectivity index (χ0v) is 21.4. The molecule has 0 saturated carbocycles. The highest BCUT2D eigenvalue weighted by molar-refractivity contribution is 7.90. The van der Waals surface area contributed by atoms with Gasteiger partial charge in [0.05, 0.1) is 9.92 Å². The second-order valence-corrected chi connectivity index (χ2v) is 11.4. The predicted molar refractivity (Wildman–Crippen MR) is 133 cm³/mol. The zero-order chi connectivity index (χ0) is 24.3. The fraction of sp³-hybridized carbons (Fsp3) is 0.458. The summed E-state index contributed by atoms with van der Waals surface area (Å²) in [6, 6.07) is 11.5. The molecule has 0 aliphatic carbocycles. The molecule has 0 bridgehead atoms. The largest absolute Gasteiger partial charge is 0.489 e. The molecule has 2 aliphatic heterocycles. The number of likely N-dealkylation sites (tertiary alicyclic amines) is 2. The molecule has 10 heteroatoms. The van der Waals surface area contributed by atoms with Crippen molar-refractivity contribution in [3.8, 4) is 5.75 Å². The van der Waals surface area contributed by atoms with Crippen molar-refractivity contribution in [1.29, 1.82) is 0 Å². The van der Waals surface area contributed by atoms with Crippen molar-refractivity contribution < 1.29 is 17.9 Å². The SMILES string of the molecule is Cc1ccc(S(=O)(=O)NC(=O)N2CCC(N3CCC(Oc4ccc(Cl)cc4Cl)CC3)CC2)cc1. The average Bonchev–Trinajstić information content (AvgIpc) is 2.81. The Morgan fingerprint density at radius 1 is 0.971 bits per heavy atom. The van der Waals surface area contributed by atoms with E-state index in [1.807, 2.05) is 6.92 Å². The molecule has 184 valence electrons. The maximum Gasteiger partial charge on any atom is 0.331 e. The van der Waals surface area contributed by atoms with E-state index < -0.39 is 16.1 Å². The van der Waals surface area contributed by atoms with Crippen molar-refractivity contribution in [3.05, 3.63) is 58.1 Å². The van der Waals surface area contributed by atoms with Gasteiger partial charge in [0.15, 0.2) is 0 Å². The summed E-state index contributed by atoms with van der Waals surface area (Å²) >= 11 is 12.2. The molecule has 2 aliphatic rings. The molecule has 2 amide bonds. The molecule has 2 aromatic rings. The molecule has 2 heterocycles. The van der Waals surface area contributed by atoms with Gasteiger partial charge in [0, 0.05) is 37.2 Å². The summed E-state index contributed by atoms with van der Waals surface area (Å²) in [5, 5.41) is 1.10. The van der Waals surface area contributed by atoms with Gasteiger partial charge < -0.3 is 9.64 Å². The number of amides is 2. The summed E-state index contributed by atoms with van der Waals surface area (Å²) in [5.41, 5.74) is 0.955. The smallest absolute Gasteiger partial charge is 0.331 e. The van der Waals surface area contributed by atoms with Gasteiger partial charge in [-0.15, -0.1) is 0 Å². The van der Waals surface area contributed by atoms with Crippen molar-refractivity contribution in [1.82, 2.24) is 14.5 Å². The monoisotopic (exact) mass is 525 g/mol. The van der Waals surface area contributed by atoms with E-state index in [1.165, 1.54) is 12.1 Å². The summed E-state index contributed by atoms with van der Waals surface area (Å²) in [7, 11) is -3.88. The van der Waals surface area contributed by atoms with Crippen LogP contribution in [0.1, 0.15) is 31.2 Å². The van der Waals surface area contributed by atoms with Crippen molar-refractivity contribution in [2.75, 3.05) is 26.2 Å². The van der Waals surface area contributed by atoms with E-state index >= 15 is 0 Å². The number of nitrogens with one attached hydrogen (secondary N) is 1. The van der Waals surface area contributed by atoms with Crippen LogP contribution in [0.5, 0.6) is 5.75 Å². The molecular formula is C24H29Cl2N3O4S. The lowest BCUT2D eigenvalue weighted by molar-refractivity contribution is 0.0540. The van der Waals surface area contributed by atoms with Crippen LogP contribution in [0.2, 0.25) is 10.0 Å². The van der Waals surface area contributed by atoms with E-state index in [4.69, 9.17) is 27.9 Å². The van der Waals surface area contributed by atoms with Gasteiger partial charge in [-0.05, 0) is 62.9 Å². The minimum Gasteiger partial charge on any atom is -0.489 e. The first kappa shape index (κ1) is 25.1. The number of sulfonamides is 1. The molecule has 0 spiro atoms. The molecule has 0 unspecified atom stereocenters. The molecule has 0 atom stereocenters. The van der Waals surface area contributed by atoms with Crippen LogP contribution in [0.4, 0.5) is 4.79 Å². The highest BCUT2D eigenvalue weighted by atomic mass is 35.5. The number of hydrogen-bond donors (Lipinski definition) is 1. The van der Waals surface area contributed by atoms with Crippen LogP contribution in [0, 0.1) is 6.92 Å². The Bertz CT molecular complexity index is 1110. The van der Waals surface area contributed by atoms with Crippen LogP contribution >= 0.6 is 23.2 Å². The second-order valence-electron chi connectivity index (χ2n) is 8.87. The highest BCUT2D eigenvalue weighted by Gasteiger charge is 2.31. The van der Waals surface area contributed by atoms with Crippen LogP contribution < -0.4 is 9.46 Å². The Balaban J connectivity index is 1.23. The number of ether oxygens (including phenoxy) is 1. The van der Waals surface area contributed by atoms with Crippen LogP contribution in [-0.4, -0.2) is 62.6 Å². The molecule has 34 heavy (non-hydrogen) atoms. The van der Waals surface area contributed by atoms with E-state index in [2.05, 4.69) is 9.62 Å². The number of carbonyl (C=O) groups excluding carboxylic acids is 1. The summed E-state index contributed by atoms with van der Waals surface area (Å²) in [6.07, 6.45) is 3.52. The van der Waals surface area contributed by atoms with Crippen molar-refractivity contribution in [2.24, 2.45) is 0 Å². The van der Waals surface area contributed by atoms with Gasteiger partial charge in [0.25, 0.3) is 10.0 Å². The topological polar surface area (TPSA) is 79.0 Å². The summed E-state index contributed by atoms with van der Waals surface area (Å²) in [4.78, 5) is 16.7. The average molecular weight is 526 g/mol. The molecule has 1 N–H and O–H groups in total. The molecule has 2 aromatic carbocycles. The molecule has 0 aromatic heterocycles. The molecule has 7 nitrogen and oxygen atoms in total. The van der Waals surface area contributed by atoms with Gasteiger partial charge in [-0.2, -0.15) is 0 Å². The minimum absolute atomic E-state index is 0.0892. The summed E-state index contributed by atoms with van der Waals surface area (Å²) < 4.78 is 33.3. The van der Waals surface area contributed by atoms with Crippen molar-refractivity contribution in [3.63, 3.8) is 0 Å². The molecular weight excluding hydrogens is 497 g/mol. The number of benzene rings is 2. The van der Waals surface area contributed by atoms with E-state index in [0.717, 1.165) is 44.3 Å². The van der Waals surface area contributed by atoms with Gasteiger partial charge in [-0.1, -0.05) is 40.9 Å². The number of carbonyl (C=O) groups is 1. The van der Waals surface area contributed by atoms with Crippen LogP contribution in [0.3, 0.4) is 0 Å². The van der Waals surface area contributed by atoms with Crippen LogP contribution in [0.15, 0.2) is 47.4 Å². The standard InChI is InChI=1S/C24H29Cl2N3O4S/c1-17-2-5-21(6-3-17)34(31,32)27-24(30)29-12-8-19(9-13-29)28-14-10-20(11-15-28)33-23-7-4-18(25)16-22(23)26/h2-7,16,19-20H,8-15H2,1H3,(H,27,30). The Morgan fingerprint density at radius 3 is 2.24 bits per heavy atom. The Hall–Kier alpha value is -2.00. The third-order valence-electron chi connectivity index (χ3n) is 6.49. The number of piperidine rings is 2. The number of hydrogen-bond acceptors (Lipinski definition) is 5. The van der Waals surface area contributed by atoms with E-state index in [1.54, 1.807) is 35.2 Å². The van der Waals surface area contributed by atoms with Gasteiger partial charge in [0.1, 0.15) is 11.9 Å². The third kappa shape index (κ3) is 6.16. The molecule has 4 rings (SSSR count). The Morgan fingerprint density at radius 2 is 1.62 bits per heavy atom. The highest BCUT2D eigenvalue weighted by Crippen LogP contribution is 2.30. The van der Waals surface area contributed by atoms with Gasteiger partial charge in [0.2, 0.25) is 0 Å². The summed E-state index contributed by atoms with van der Waals surface area (Å²) in [6.45, 7) is 4.75. The minimum atomic E-state index is -3.88. The third-order valence-corrected chi connectivity index (χ3v) is 8.35. The molecule has 2 fully saturated rings. The first-order valence-corrected chi connectivity index (χ1v) is 13.7. The fourth-order valence-electron chi connectivity index (χ4n) is 4.50. The number of nitrogens with zero attached hydrogens (tertiary/aromatic N) is 2. The normalized spacial score (nSPS) is 18.6. The van der Waals surface area contributed by atoms with Gasteiger partial charge in [-0.3, -0.25) is 4.90 Å². The quantitative estimate of drug-likeness (QED) is 0.611. The lowest BCUT2D eigenvalue weighted by Crippen LogP contribution is -2.52. The van der Waals surface area contributed by atoms with Crippen molar-refractivity contribution in [2.45, 2.75) is 49.6 Å². The van der Waals surface area contributed by atoms with E-state index in [-0.39, 0.29) is 11.0 Å². The number of urea groups is 1. The maximum atomic E-state index is 12.6. The molecule has 0 radical (unpaired) electrons. The number of aryl methyl sites for hydroxylation is 1. The van der Waals surface area contributed by atoms with Gasteiger partial charge >= 0.3 is 6.03 Å². The van der Waals surface area contributed by atoms with Crippen LogP contribution in [0.25, 0.3) is 0 Å². The summed E-state index contributed by atoms with van der Waals surface area (Å²) in [5.74, 6) is 0.657. The zero-order valence-electron chi connectivity index (χ0n) is 19.0. The van der Waals surface area contributed by atoms with Gasteiger partial charge in [-0.25, -0.2) is 17.9 Å².